The van der Waals surface area contributed by atoms with Gasteiger partial charge in [0.2, 0.25) is 5.91 Å². The Kier molecular flexibility index (Phi) is 40.3. The van der Waals surface area contributed by atoms with E-state index in [0.29, 0.717) is 19.3 Å². The Morgan fingerprint density at radius 2 is 1.04 bits per heavy atom. The van der Waals surface area contributed by atoms with E-state index in [1.807, 2.05) is 0 Å². The lowest BCUT2D eigenvalue weighted by molar-refractivity contribution is -0.151. The van der Waals surface area contributed by atoms with Crippen LogP contribution in [0.15, 0.2) is 48.6 Å². The summed E-state index contributed by atoms with van der Waals surface area (Å²) >= 11 is 0. The molecule has 0 rings (SSSR count). The minimum absolute atomic E-state index is 0.0480. The van der Waals surface area contributed by atoms with Gasteiger partial charge in [0.05, 0.1) is 25.2 Å². The summed E-state index contributed by atoms with van der Waals surface area (Å²) in [6.07, 6.45) is 48.9. The van der Waals surface area contributed by atoms with Crippen LogP contribution in [0.1, 0.15) is 220 Å². The predicted octanol–water partition coefficient (Wildman–Crippen LogP) is 13.1. The van der Waals surface area contributed by atoms with Gasteiger partial charge in [-0.1, -0.05) is 179 Å². The summed E-state index contributed by atoms with van der Waals surface area (Å²) < 4.78 is 5.87. The van der Waals surface area contributed by atoms with Crippen molar-refractivity contribution in [2.24, 2.45) is 0 Å². The van der Waals surface area contributed by atoms with E-state index in [2.05, 4.69) is 74.7 Å². The van der Waals surface area contributed by atoms with Crippen LogP contribution in [0.4, 0.5) is 0 Å². The van der Waals surface area contributed by atoms with Crippen LogP contribution < -0.4 is 5.32 Å². The van der Waals surface area contributed by atoms with Crippen LogP contribution >= 0.6 is 0 Å². The second-order valence-corrected chi connectivity index (χ2v) is 15.4. The Bertz CT molecular complexity index is 941. The van der Waals surface area contributed by atoms with Gasteiger partial charge in [0.15, 0.2) is 0 Å². The zero-order valence-corrected chi connectivity index (χ0v) is 35.6. The van der Waals surface area contributed by atoms with E-state index in [1.54, 1.807) is 0 Å². The van der Waals surface area contributed by atoms with Gasteiger partial charge in [0, 0.05) is 6.42 Å². The van der Waals surface area contributed by atoms with Gasteiger partial charge in [-0.05, 0) is 77.0 Å². The van der Waals surface area contributed by atoms with Crippen molar-refractivity contribution >= 4 is 11.9 Å². The van der Waals surface area contributed by atoms with Crippen molar-refractivity contribution in [2.75, 3.05) is 6.61 Å². The largest absolute Gasteiger partial charge is 0.462 e. The highest BCUT2D eigenvalue weighted by Crippen LogP contribution is 2.17. The molecule has 0 radical (unpaired) electrons. The molecule has 0 aromatic rings. The molecule has 6 heteroatoms. The number of carbonyl (C=O) groups excluding carboxylic acids is 2. The molecule has 0 aliphatic heterocycles. The third-order valence-electron chi connectivity index (χ3n) is 10.1. The summed E-state index contributed by atoms with van der Waals surface area (Å²) in [4.78, 5) is 25.9. The summed E-state index contributed by atoms with van der Waals surface area (Å²) in [5.74, 6) is -0.526. The molecule has 1 amide bonds. The third kappa shape index (κ3) is 36.8. The van der Waals surface area contributed by atoms with E-state index in [9.17, 15) is 19.8 Å². The van der Waals surface area contributed by atoms with Gasteiger partial charge in [0.25, 0.3) is 0 Å². The molecule has 0 heterocycles. The van der Waals surface area contributed by atoms with Gasteiger partial charge < -0.3 is 20.3 Å². The summed E-state index contributed by atoms with van der Waals surface area (Å²) in [6.45, 7) is 6.28. The van der Waals surface area contributed by atoms with Crippen LogP contribution in [0.2, 0.25) is 0 Å². The normalized spacial score (nSPS) is 13.8. The van der Waals surface area contributed by atoms with Crippen molar-refractivity contribution < 1.29 is 24.5 Å². The molecule has 3 atom stereocenters. The lowest BCUT2D eigenvalue weighted by Gasteiger charge is -2.24. The average Bonchev–Trinajstić information content (AvgIpc) is 3.16. The first kappa shape index (κ1) is 51.8. The highest BCUT2D eigenvalue weighted by atomic mass is 16.5. The molecule has 0 fully saturated rings. The smallest absolute Gasteiger partial charge is 0.306 e. The van der Waals surface area contributed by atoms with E-state index >= 15 is 0 Å². The molecule has 3 N–H and O–H groups in total. The van der Waals surface area contributed by atoms with Gasteiger partial charge in [-0.25, -0.2) is 0 Å². The summed E-state index contributed by atoms with van der Waals surface area (Å²) in [6, 6.07) is -0.713. The van der Waals surface area contributed by atoms with Crippen molar-refractivity contribution in [3.05, 3.63) is 48.6 Å². The zero-order chi connectivity index (χ0) is 39.6. The first-order chi connectivity index (χ1) is 26.5. The van der Waals surface area contributed by atoms with E-state index < -0.39 is 18.2 Å². The Hall–Kier alpha value is -2.18. The number of ether oxygens (including phenoxy) is 1. The summed E-state index contributed by atoms with van der Waals surface area (Å²) in [7, 11) is 0. The highest BCUT2D eigenvalue weighted by molar-refractivity contribution is 5.77. The fourth-order valence-electron chi connectivity index (χ4n) is 6.68. The number of hydrogen-bond acceptors (Lipinski definition) is 5. The van der Waals surface area contributed by atoms with Crippen LogP contribution in [-0.2, 0) is 14.3 Å². The van der Waals surface area contributed by atoms with Crippen molar-refractivity contribution in [3.63, 3.8) is 0 Å². The van der Waals surface area contributed by atoms with E-state index in [4.69, 9.17) is 4.74 Å². The number of nitrogens with one attached hydrogen (secondary N) is 1. The number of allylic oxidation sites excluding steroid dienone is 8. The highest BCUT2D eigenvalue weighted by Gasteiger charge is 2.24. The van der Waals surface area contributed by atoms with Crippen LogP contribution in [0, 0.1) is 0 Å². The standard InChI is InChI=1S/C48H87NO5/c1-4-7-10-13-16-19-22-24-26-28-31-34-37-40-46(51)45(43-50)49-47(52)42-44(39-36-33-30-27-25-23-20-17-14-11-8-5-2)54-48(53)41-38-35-32-29-21-18-15-12-9-6-3/h8,11-12,15,17,20,25,27,44-46,50-51H,4-7,9-10,13-14,16,18-19,21-24,26,28-43H2,1-3H3,(H,49,52)/b11-8+,15-12-,20-17+,27-25+. The monoisotopic (exact) mass is 758 g/mol. The quantitative estimate of drug-likeness (QED) is 0.0329. The van der Waals surface area contributed by atoms with Crippen molar-refractivity contribution in [3.8, 4) is 0 Å². The minimum Gasteiger partial charge on any atom is -0.462 e. The molecular weight excluding hydrogens is 671 g/mol. The minimum atomic E-state index is -0.797. The zero-order valence-electron chi connectivity index (χ0n) is 35.6. The molecular formula is C48H87NO5. The van der Waals surface area contributed by atoms with E-state index in [-0.39, 0.29) is 24.9 Å². The van der Waals surface area contributed by atoms with Crippen molar-refractivity contribution in [1.29, 1.82) is 0 Å². The van der Waals surface area contributed by atoms with Crippen LogP contribution in [0.25, 0.3) is 0 Å². The first-order valence-corrected chi connectivity index (χ1v) is 22.9. The Morgan fingerprint density at radius 1 is 0.556 bits per heavy atom. The molecule has 0 saturated heterocycles. The second-order valence-electron chi connectivity index (χ2n) is 15.4. The third-order valence-corrected chi connectivity index (χ3v) is 10.1. The molecule has 3 unspecified atom stereocenters. The molecule has 0 aromatic heterocycles. The van der Waals surface area contributed by atoms with Crippen molar-refractivity contribution in [2.45, 2.75) is 238 Å². The number of aliphatic hydroxyl groups is 2. The number of hydrogen-bond donors (Lipinski definition) is 3. The topological polar surface area (TPSA) is 95.9 Å². The van der Waals surface area contributed by atoms with Crippen molar-refractivity contribution in [1.82, 2.24) is 5.32 Å². The first-order valence-electron chi connectivity index (χ1n) is 22.9. The average molecular weight is 758 g/mol. The van der Waals surface area contributed by atoms with Gasteiger partial charge in [-0.15, -0.1) is 0 Å². The SMILES string of the molecule is CC/C=C/C/C=C/C/C=C/CCCCC(CC(=O)NC(CO)C(O)CCCCCCCCCCCCCCC)OC(=O)CCCCCCC/C=C\CCC. The maximum atomic E-state index is 13.1. The second kappa shape index (κ2) is 42.0. The maximum Gasteiger partial charge on any atom is 0.306 e. The fourth-order valence-corrected chi connectivity index (χ4v) is 6.68. The fraction of sp³-hybridized carbons (Fsp3) is 0.792. The van der Waals surface area contributed by atoms with Crippen LogP contribution in [0.5, 0.6) is 0 Å². The number of esters is 1. The lowest BCUT2D eigenvalue weighted by atomic mass is 10.0. The Labute approximate surface area is 334 Å². The number of unbranched alkanes of at least 4 members (excludes halogenated alkanes) is 20. The Morgan fingerprint density at radius 3 is 1.63 bits per heavy atom. The van der Waals surface area contributed by atoms with Gasteiger partial charge >= 0.3 is 5.97 Å². The summed E-state index contributed by atoms with van der Waals surface area (Å²) in [5, 5.41) is 23.6. The van der Waals surface area contributed by atoms with Crippen LogP contribution in [0.3, 0.4) is 0 Å². The molecule has 54 heavy (non-hydrogen) atoms. The van der Waals surface area contributed by atoms with E-state index in [0.717, 1.165) is 89.9 Å². The number of amides is 1. The Balaban J connectivity index is 4.63. The maximum absolute atomic E-state index is 13.1. The van der Waals surface area contributed by atoms with Gasteiger partial charge in [-0.3, -0.25) is 9.59 Å². The predicted molar refractivity (Wildman–Crippen MR) is 232 cm³/mol. The molecule has 0 aliphatic rings. The van der Waals surface area contributed by atoms with E-state index in [1.165, 1.54) is 83.5 Å². The molecule has 0 spiro atoms. The number of rotatable bonds is 40. The number of carbonyl (C=O) groups is 2. The van der Waals surface area contributed by atoms with Crippen LogP contribution in [-0.4, -0.2) is 46.9 Å². The molecule has 0 saturated carbocycles. The molecule has 0 bridgehead atoms. The molecule has 6 nitrogen and oxygen atoms in total. The molecule has 314 valence electrons. The number of aliphatic hydroxyl groups excluding tert-OH is 2. The molecule has 0 aliphatic carbocycles. The summed E-state index contributed by atoms with van der Waals surface area (Å²) in [5.41, 5.74) is 0. The van der Waals surface area contributed by atoms with Gasteiger partial charge in [0.1, 0.15) is 6.10 Å². The van der Waals surface area contributed by atoms with Gasteiger partial charge in [-0.2, -0.15) is 0 Å². The molecule has 0 aromatic carbocycles. The lowest BCUT2D eigenvalue weighted by Crippen LogP contribution is -2.46.